The van der Waals surface area contributed by atoms with Crippen LogP contribution in [0, 0.1) is 5.92 Å². The van der Waals surface area contributed by atoms with E-state index in [1.54, 1.807) is 0 Å². The van der Waals surface area contributed by atoms with Crippen LogP contribution in [0.5, 0.6) is 0 Å². The third-order valence-electron chi connectivity index (χ3n) is 3.45. The van der Waals surface area contributed by atoms with Gasteiger partial charge in [0, 0.05) is 13.1 Å². The fourth-order valence-corrected chi connectivity index (χ4v) is 2.28. The lowest BCUT2D eigenvalue weighted by Crippen LogP contribution is -2.64. The Balaban J connectivity index is 1.59. The molecule has 4 heteroatoms. The number of hydrogen-bond acceptors (Lipinski definition) is 4. The molecule has 1 heterocycles. The Morgan fingerprint density at radius 3 is 2.75 bits per heavy atom. The van der Waals surface area contributed by atoms with Crippen LogP contribution < -0.4 is 0 Å². The fourth-order valence-electron chi connectivity index (χ4n) is 2.28. The van der Waals surface area contributed by atoms with Crippen LogP contribution in [0.1, 0.15) is 32.6 Å². The van der Waals surface area contributed by atoms with E-state index in [9.17, 15) is 9.90 Å². The molecule has 0 radical (unpaired) electrons. The number of hydrogen-bond donors (Lipinski definition) is 1. The van der Waals surface area contributed by atoms with Gasteiger partial charge in [0.1, 0.15) is 0 Å². The van der Waals surface area contributed by atoms with Gasteiger partial charge >= 0.3 is 5.97 Å². The van der Waals surface area contributed by atoms with Crippen LogP contribution in [0.15, 0.2) is 0 Å². The van der Waals surface area contributed by atoms with E-state index in [-0.39, 0.29) is 5.97 Å². The highest BCUT2D eigenvalue weighted by Gasteiger charge is 2.52. The van der Waals surface area contributed by atoms with Crippen molar-refractivity contribution in [1.29, 1.82) is 0 Å². The average Bonchev–Trinajstić information content (AvgIpc) is 2.98. The van der Waals surface area contributed by atoms with Crippen LogP contribution >= 0.6 is 0 Å². The molecule has 1 saturated carbocycles. The van der Waals surface area contributed by atoms with E-state index >= 15 is 0 Å². The van der Waals surface area contributed by atoms with E-state index in [1.165, 1.54) is 0 Å². The van der Waals surface area contributed by atoms with Gasteiger partial charge in [-0.05, 0) is 25.2 Å². The lowest BCUT2D eigenvalue weighted by Gasteiger charge is -2.46. The van der Waals surface area contributed by atoms with Gasteiger partial charge in [0.15, 0.2) is 0 Å². The SMILES string of the molecule is CCCCOC(=O)CN1CC(O)(C2CC2)C1. The molecule has 2 fully saturated rings. The van der Waals surface area contributed by atoms with Gasteiger partial charge in [-0.1, -0.05) is 13.3 Å². The average molecular weight is 227 g/mol. The quantitative estimate of drug-likeness (QED) is 0.538. The fraction of sp³-hybridized carbons (Fsp3) is 0.917. The molecule has 1 aliphatic heterocycles. The molecule has 0 bridgehead atoms. The second-order valence-corrected chi connectivity index (χ2v) is 5.10. The Morgan fingerprint density at radius 1 is 1.50 bits per heavy atom. The predicted octanol–water partition coefficient (Wildman–Crippen LogP) is 0.786. The number of likely N-dealkylation sites (tertiary alicyclic amines) is 1. The molecule has 0 aromatic heterocycles. The molecule has 1 N–H and O–H groups in total. The molecule has 16 heavy (non-hydrogen) atoms. The number of aliphatic hydroxyl groups is 1. The topological polar surface area (TPSA) is 49.8 Å². The summed E-state index contributed by atoms with van der Waals surface area (Å²) in [6, 6.07) is 0. The van der Waals surface area contributed by atoms with Gasteiger partial charge in [0.05, 0.1) is 18.8 Å². The zero-order chi connectivity index (χ0) is 11.6. The van der Waals surface area contributed by atoms with Crippen molar-refractivity contribution in [2.24, 2.45) is 5.92 Å². The summed E-state index contributed by atoms with van der Waals surface area (Å²) in [4.78, 5) is 13.3. The minimum absolute atomic E-state index is 0.161. The van der Waals surface area contributed by atoms with Crippen LogP contribution in [0.4, 0.5) is 0 Å². The van der Waals surface area contributed by atoms with Crippen molar-refractivity contribution in [3.05, 3.63) is 0 Å². The van der Waals surface area contributed by atoms with Crippen molar-refractivity contribution >= 4 is 5.97 Å². The summed E-state index contributed by atoms with van der Waals surface area (Å²) in [7, 11) is 0. The first-order valence-electron chi connectivity index (χ1n) is 6.24. The summed E-state index contributed by atoms with van der Waals surface area (Å²) in [5.41, 5.74) is -0.496. The minimum Gasteiger partial charge on any atom is -0.465 e. The third-order valence-corrected chi connectivity index (χ3v) is 3.45. The molecule has 92 valence electrons. The molecular weight excluding hydrogens is 206 g/mol. The number of ether oxygens (including phenoxy) is 1. The number of nitrogens with zero attached hydrogens (tertiary/aromatic N) is 1. The Morgan fingerprint density at radius 2 is 2.19 bits per heavy atom. The van der Waals surface area contributed by atoms with E-state index in [0.29, 0.717) is 32.2 Å². The van der Waals surface area contributed by atoms with E-state index < -0.39 is 5.60 Å². The maximum atomic E-state index is 11.4. The van der Waals surface area contributed by atoms with Gasteiger partial charge in [-0.2, -0.15) is 0 Å². The van der Waals surface area contributed by atoms with Gasteiger partial charge in [-0.15, -0.1) is 0 Å². The first-order valence-corrected chi connectivity index (χ1v) is 6.24. The molecule has 0 aromatic carbocycles. The molecule has 1 saturated heterocycles. The molecule has 0 atom stereocenters. The normalized spacial score (nSPS) is 23.9. The van der Waals surface area contributed by atoms with Gasteiger partial charge in [0.2, 0.25) is 0 Å². The predicted molar refractivity (Wildman–Crippen MR) is 60.0 cm³/mol. The number of unbranched alkanes of at least 4 members (excludes halogenated alkanes) is 1. The van der Waals surface area contributed by atoms with Crippen molar-refractivity contribution in [3.8, 4) is 0 Å². The highest BCUT2D eigenvalue weighted by Crippen LogP contribution is 2.44. The van der Waals surface area contributed by atoms with Gasteiger partial charge in [-0.25, -0.2) is 0 Å². The Bertz CT molecular complexity index is 257. The number of carbonyl (C=O) groups is 1. The number of esters is 1. The summed E-state index contributed by atoms with van der Waals surface area (Å²) in [5, 5.41) is 10.1. The van der Waals surface area contributed by atoms with Crippen LogP contribution in [0.25, 0.3) is 0 Å². The lowest BCUT2D eigenvalue weighted by molar-refractivity contribution is -0.155. The van der Waals surface area contributed by atoms with Crippen LogP contribution in [-0.2, 0) is 9.53 Å². The Hall–Kier alpha value is -0.610. The summed E-state index contributed by atoms with van der Waals surface area (Å²) in [6.45, 7) is 4.20. The van der Waals surface area contributed by atoms with E-state index in [0.717, 1.165) is 25.7 Å². The molecule has 0 aromatic rings. The molecule has 1 aliphatic carbocycles. The summed E-state index contributed by atoms with van der Waals surface area (Å²) in [5.74, 6) is 0.325. The molecule has 0 spiro atoms. The van der Waals surface area contributed by atoms with E-state index in [4.69, 9.17) is 4.74 Å². The second-order valence-electron chi connectivity index (χ2n) is 5.10. The van der Waals surface area contributed by atoms with E-state index in [1.807, 2.05) is 4.90 Å². The highest BCUT2D eigenvalue weighted by atomic mass is 16.5. The molecular formula is C12H21NO3. The van der Waals surface area contributed by atoms with Crippen molar-refractivity contribution in [3.63, 3.8) is 0 Å². The summed E-state index contributed by atoms with van der Waals surface area (Å²) < 4.78 is 5.07. The first kappa shape index (κ1) is 11.9. The van der Waals surface area contributed by atoms with Crippen molar-refractivity contribution in [1.82, 2.24) is 4.90 Å². The van der Waals surface area contributed by atoms with Crippen LogP contribution in [-0.4, -0.2) is 47.8 Å². The van der Waals surface area contributed by atoms with Crippen molar-refractivity contribution in [2.45, 2.75) is 38.2 Å². The molecule has 0 unspecified atom stereocenters. The number of β-amino-alcohol motifs (C(OH)–C–C–N with tert-alkyl or cyclic N) is 1. The van der Waals surface area contributed by atoms with Crippen molar-refractivity contribution < 1.29 is 14.6 Å². The van der Waals surface area contributed by atoms with Crippen LogP contribution in [0.2, 0.25) is 0 Å². The highest BCUT2D eigenvalue weighted by molar-refractivity contribution is 5.71. The number of carbonyl (C=O) groups excluding carboxylic acids is 1. The zero-order valence-corrected chi connectivity index (χ0v) is 9.95. The third kappa shape index (κ3) is 2.74. The zero-order valence-electron chi connectivity index (χ0n) is 9.95. The molecule has 0 amide bonds. The maximum Gasteiger partial charge on any atom is 0.320 e. The molecule has 2 aliphatic rings. The summed E-state index contributed by atoms with van der Waals surface area (Å²) in [6.07, 6.45) is 4.26. The maximum absolute atomic E-state index is 11.4. The van der Waals surface area contributed by atoms with E-state index in [2.05, 4.69) is 6.92 Å². The Kier molecular flexibility index (Phi) is 3.50. The molecule has 4 nitrogen and oxygen atoms in total. The smallest absolute Gasteiger partial charge is 0.320 e. The van der Waals surface area contributed by atoms with Gasteiger partial charge in [-0.3, -0.25) is 9.69 Å². The monoisotopic (exact) mass is 227 g/mol. The standard InChI is InChI=1S/C12H21NO3/c1-2-3-6-16-11(14)7-13-8-12(15,9-13)10-4-5-10/h10,15H,2-9H2,1H3. The lowest BCUT2D eigenvalue weighted by atomic mass is 9.89. The minimum atomic E-state index is -0.496. The Labute approximate surface area is 96.6 Å². The largest absolute Gasteiger partial charge is 0.465 e. The van der Waals surface area contributed by atoms with Gasteiger partial charge in [0.25, 0.3) is 0 Å². The van der Waals surface area contributed by atoms with Crippen LogP contribution in [0.3, 0.4) is 0 Å². The second kappa shape index (κ2) is 4.72. The molecule has 2 rings (SSSR count). The summed E-state index contributed by atoms with van der Waals surface area (Å²) >= 11 is 0. The first-order chi connectivity index (χ1) is 7.64. The van der Waals surface area contributed by atoms with Gasteiger partial charge < -0.3 is 9.84 Å². The van der Waals surface area contributed by atoms with Crippen molar-refractivity contribution in [2.75, 3.05) is 26.2 Å². The number of rotatable bonds is 6.